The van der Waals surface area contributed by atoms with E-state index in [0.717, 1.165) is 0 Å². The number of aliphatic carboxylic acids is 1. The van der Waals surface area contributed by atoms with E-state index in [1.165, 1.54) is 0 Å². The summed E-state index contributed by atoms with van der Waals surface area (Å²) in [4.78, 5) is 10.5. The average Bonchev–Trinajstić information content (AvgIpc) is 3.16. The van der Waals surface area contributed by atoms with Gasteiger partial charge in [0.25, 0.3) is 0 Å². The van der Waals surface area contributed by atoms with Crippen molar-refractivity contribution < 1.29 is 32.4 Å². The van der Waals surface area contributed by atoms with E-state index >= 15 is 0 Å². The zero-order valence-electron chi connectivity index (χ0n) is 11.2. The lowest BCUT2D eigenvalue weighted by Gasteiger charge is -2.31. The normalized spacial score (nSPS) is 23.1. The minimum atomic E-state index is -4.83. The second kappa shape index (κ2) is 6.09. The molecule has 1 aliphatic carbocycles. The van der Waals surface area contributed by atoms with Crippen molar-refractivity contribution in [2.45, 2.75) is 43.5 Å². The predicted molar refractivity (Wildman–Crippen MR) is 69.2 cm³/mol. The molecule has 0 amide bonds. The highest BCUT2D eigenvalue weighted by atomic mass is 32.2. The van der Waals surface area contributed by atoms with Crippen molar-refractivity contribution in [2.75, 3.05) is 11.5 Å². The van der Waals surface area contributed by atoms with Gasteiger partial charge in [0.05, 0.1) is 0 Å². The molecule has 0 aromatic heterocycles. The van der Waals surface area contributed by atoms with E-state index in [2.05, 4.69) is 0 Å². The highest BCUT2D eigenvalue weighted by molar-refractivity contribution is 7.92. The fraction of sp³-hybridized carbons (Fsp3) is 0.909. The fourth-order valence-electron chi connectivity index (χ4n) is 2.00. The zero-order chi connectivity index (χ0) is 16.5. The summed E-state index contributed by atoms with van der Waals surface area (Å²) < 4.78 is 58.0. The lowest BCUT2D eigenvalue weighted by molar-refractivity contribution is -0.269. The Kier molecular flexibility index (Phi) is 5.27. The van der Waals surface area contributed by atoms with Gasteiger partial charge in [-0.1, -0.05) is 0 Å². The summed E-state index contributed by atoms with van der Waals surface area (Å²) in [6.45, 7) is 0. The number of carboxylic acids is 1. The number of rotatable bonds is 8. The third kappa shape index (κ3) is 4.82. The zero-order valence-corrected chi connectivity index (χ0v) is 12.0. The number of nitrogens with two attached hydrogens (primary N) is 1. The van der Waals surface area contributed by atoms with Gasteiger partial charge in [-0.3, -0.25) is 9.57 Å². The van der Waals surface area contributed by atoms with Crippen molar-refractivity contribution in [2.24, 2.45) is 11.7 Å². The van der Waals surface area contributed by atoms with Gasteiger partial charge in [-0.05, 0) is 31.6 Å². The van der Waals surface area contributed by atoms with Gasteiger partial charge >= 0.3 is 12.1 Å². The Labute approximate surface area is 120 Å². The molecule has 1 rings (SSSR count). The molecule has 2 unspecified atom stereocenters. The van der Waals surface area contributed by atoms with E-state index in [4.69, 9.17) is 15.6 Å². The number of alkyl halides is 3. The Bertz CT molecular complexity index is 490. The second-order valence-corrected chi connectivity index (χ2v) is 7.84. The van der Waals surface area contributed by atoms with Crippen LogP contribution in [-0.2, 0) is 14.5 Å². The van der Waals surface area contributed by atoms with E-state index in [1.54, 1.807) is 0 Å². The molecular weight excluding hydrogens is 313 g/mol. The first-order valence-electron chi connectivity index (χ1n) is 6.41. The molecule has 0 heterocycles. The van der Waals surface area contributed by atoms with Crippen LogP contribution in [0.2, 0.25) is 0 Å². The maximum Gasteiger partial charge on any atom is 0.417 e. The Morgan fingerprint density at radius 1 is 1.38 bits per heavy atom. The molecule has 0 aromatic carbocycles. The van der Waals surface area contributed by atoms with Crippen LogP contribution in [0, 0.1) is 10.7 Å². The number of hydrogen-bond donors (Lipinski definition) is 4. The van der Waals surface area contributed by atoms with Crippen molar-refractivity contribution >= 4 is 15.7 Å². The molecule has 10 heteroatoms. The maximum atomic E-state index is 12.9. The molecule has 0 saturated heterocycles. The first kappa shape index (κ1) is 18.2. The van der Waals surface area contributed by atoms with Crippen LogP contribution in [0.4, 0.5) is 13.2 Å². The highest BCUT2D eigenvalue weighted by Crippen LogP contribution is 2.50. The van der Waals surface area contributed by atoms with Crippen LogP contribution in [-0.4, -0.2) is 49.7 Å². The van der Waals surface area contributed by atoms with Gasteiger partial charge in [0.1, 0.15) is 6.04 Å². The Morgan fingerprint density at radius 2 is 1.90 bits per heavy atom. The SMILES string of the molecule is N=S(=O)(CC[C@H](N)C(=O)O)CCC(O)(C1CC1)C(F)(F)F. The van der Waals surface area contributed by atoms with Crippen molar-refractivity contribution in [3.8, 4) is 0 Å². The van der Waals surface area contributed by atoms with Crippen LogP contribution in [0.25, 0.3) is 0 Å². The van der Waals surface area contributed by atoms with Crippen molar-refractivity contribution in [1.82, 2.24) is 0 Å². The van der Waals surface area contributed by atoms with Gasteiger partial charge in [-0.15, -0.1) is 0 Å². The van der Waals surface area contributed by atoms with Crippen LogP contribution in [0.15, 0.2) is 0 Å². The molecular formula is C11H19F3N2O4S. The molecule has 1 aliphatic rings. The van der Waals surface area contributed by atoms with E-state index in [9.17, 15) is 27.3 Å². The Morgan fingerprint density at radius 3 is 2.29 bits per heavy atom. The summed E-state index contributed by atoms with van der Waals surface area (Å²) in [6.07, 6.45) is -5.41. The molecule has 6 nitrogen and oxygen atoms in total. The monoisotopic (exact) mass is 332 g/mol. The summed E-state index contributed by atoms with van der Waals surface area (Å²) in [7, 11) is -3.41. The number of halogens is 3. The number of nitrogens with one attached hydrogen (secondary N) is 1. The van der Waals surface area contributed by atoms with Gasteiger partial charge in [-0.25, -0.2) is 4.21 Å². The first-order valence-corrected chi connectivity index (χ1v) is 8.30. The Balaban J connectivity index is 2.61. The van der Waals surface area contributed by atoms with Gasteiger partial charge in [0.2, 0.25) is 0 Å². The van der Waals surface area contributed by atoms with Gasteiger partial charge in [-0.2, -0.15) is 13.2 Å². The van der Waals surface area contributed by atoms with Crippen LogP contribution in [0.3, 0.4) is 0 Å². The Hall–Kier alpha value is -0.870. The van der Waals surface area contributed by atoms with E-state index < -0.39 is 57.4 Å². The number of carboxylic acid groups (broad SMARTS) is 1. The summed E-state index contributed by atoms with van der Waals surface area (Å²) in [6, 6.07) is -1.30. The maximum absolute atomic E-state index is 12.9. The molecule has 124 valence electrons. The minimum Gasteiger partial charge on any atom is -0.480 e. The number of carbonyl (C=O) groups is 1. The second-order valence-electron chi connectivity index (χ2n) is 5.40. The van der Waals surface area contributed by atoms with E-state index in [0.29, 0.717) is 0 Å². The minimum absolute atomic E-state index is 0.249. The van der Waals surface area contributed by atoms with Crippen LogP contribution in [0.1, 0.15) is 25.7 Å². The topological polar surface area (TPSA) is 124 Å². The quantitative estimate of drug-likeness (QED) is 0.526. The van der Waals surface area contributed by atoms with Gasteiger partial charge in [0, 0.05) is 21.2 Å². The molecule has 0 spiro atoms. The van der Waals surface area contributed by atoms with Crippen molar-refractivity contribution in [3.63, 3.8) is 0 Å². The smallest absolute Gasteiger partial charge is 0.417 e. The summed E-state index contributed by atoms with van der Waals surface area (Å²) in [5.41, 5.74) is 2.28. The summed E-state index contributed by atoms with van der Waals surface area (Å²) in [5.74, 6) is -3.27. The first-order chi connectivity index (χ1) is 9.39. The third-order valence-electron chi connectivity index (χ3n) is 3.63. The third-order valence-corrected chi connectivity index (χ3v) is 5.39. The van der Waals surface area contributed by atoms with Crippen molar-refractivity contribution in [1.29, 1.82) is 4.78 Å². The lowest BCUT2D eigenvalue weighted by Crippen LogP contribution is -2.48. The molecule has 1 saturated carbocycles. The standard InChI is InChI=1S/C11H19F3N2O4S/c12-11(13,14)10(19,7-1-2-7)4-6-21(16,20)5-3-8(15)9(17)18/h7-8,16,19H,1-6,15H2,(H,17,18)/t8-,10?,21?/m0/s1. The number of hydrogen-bond acceptors (Lipinski definition) is 5. The molecule has 3 atom stereocenters. The fourth-order valence-corrected chi connectivity index (χ4v) is 3.48. The van der Waals surface area contributed by atoms with Crippen LogP contribution < -0.4 is 5.73 Å². The molecule has 5 N–H and O–H groups in total. The van der Waals surface area contributed by atoms with Gasteiger partial charge in [0.15, 0.2) is 5.60 Å². The summed E-state index contributed by atoms with van der Waals surface area (Å²) in [5, 5.41) is 18.3. The number of aliphatic hydroxyl groups is 1. The molecule has 0 radical (unpaired) electrons. The molecule has 1 fully saturated rings. The summed E-state index contributed by atoms with van der Waals surface area (Å²) >= 11 is 0. The predicted octanol–water partition coefficient (Wildman–Crippen LogP) is 0.929. The molecule has 0 aromatic rings. The average molecular weight is 332 g/mol. The van der Waals surface area contributed by atoms with Crippen molar-refractivity contribution in [3.05, 3.63) is 0 Å². The highest BCUT2D eigenvalue weighted by Gasteiger charge is 2.61. The van der Waals surface area contributed by atoms with Gasteiger partial charge < -0.3 is 15.9 Å². The van der Waals surface area contributed by atoms with Crippen LogP contribution in [0.5, 0.6) is 0 Å². The molecule has 0 bridgehead atoms. The lowest BCUT2D eigenvalue weighted by atomic mass is 9.94. The van der Waals surface area contributed by atoms with Crippen LogP contribution >= 0.6 is 0 Å². The largest absolute Gasteiger partial charge is 0.480 e. The van der Waals surface area contributed by atoms with E-state index in [1.807, 2.05) is 0 Å². The molecule has 21 heavy (non-hydrogen) atoms. The van der Waals surface area contributed by atoms with E-state index in [-0.39, 0.29) is 19.3 Å². The molecule has 0 aliphatic heterocycles.